The lowest BCUT2D eigenvalue weighted by Crippen LogP contribution is -2.50. The molecule has 2 heterocycles. The topological polar surface area (TPSA) is 82.6 Å². The van der Waals surface area contributed by atoms with E-state index in [0.717, 1.165) is 12.0 Å². The van der Waals surface area contributed by atoms with Gasteiger partial charge in [-0.3, -0.25) is 19.4 Å². The molecule has 0 unspecified atom stereocenters. The molecule has 1 saturated heterocycles. The summed E-state index contributed by atoms with van der Waals surface area (Å²) >= 11 is 0. The first-order valence-corrected chi connectivity index (χ1v) is 9.37. The molecule has 0 aliphatic carbocycles. The molecule has 1 fully saturated rings. The molecule has 1 N–H and O–H groups in total. The Morgan fingerprint density at radius 2 is 1.68 bits per heavy atom. The quantitative estimate of drug-likeness (QED) is 0.849. The molecule has 28 heavy (non-hydrogen) atoms. The van der Waals surface area contributed by atoms with Crippen molar-refractivity contribution >= 4 is 17.7 Å². The SMILES string of the molecule is CC(=O)N1CCN(C(=O)c2ccnc(C(=O)NCCc3ccccc3)c2)CC1. The molecule has 3 rings (SSSR count). The van der Waals surface area contributed by atoms with Gasteiger partial charge in [0.05, 0.1) is 0 Å². The summed E-state index contributed by atoms with van der Waals surface area (Å²) in [4.78, 5) is 44.0. The van der Waals surface area contributed by atoms with Crippen LogP contribution in [0.3, 0.4) is 0 Å². The van der Waals surface area contributed by atoms with Crippen molar-refractivity contribution in [2.75, 3.05) is 32.7 Å². The number of hydrogen-bond donors (Lipinski definition) is 1. The van der Waals surface area contributed by atoms with Crippen molar-refractivity contribution < 1.29 is 14.4 Å². The number of piperazine rings is 1. The summed E-state index contributed by atoms with van der Waals surface area (Å²) in [5.74, 6) is -0.429. The van der Waals surface area contributed by atoms with Gasteiger partial charge in [-0.05, 0) is 24.1 Å². The number of benzene rings is 1. The van der Waals surface area contributed by atoms with Crippen LogP contribution in [0, 0.1) is 0 Å². The van der Waals surface area contributed by atoms with Crippen LogP contribution in [0.5, 0.6) is 0 Å². The van der Waals surface area contributed by atoms with Crippen LogP contribution in [0.15, 0.2) is 48.7 Å². The molecule has 0 atom stereocenters. The highest BCUT2D eigenvalue weighted by atomic mass is 16.2. The van der Waals surface area contributed by atoms with Gasteiger partial charge < -0.3 is 15.1 Å². The highest BCUT2D eigenvalue weighted by Crippen LogP contribution is 2.10. The highest BCUT2D eigenvalue weighted by molar-refractivity contribution is 5.98. The molecule has 1 aromatic carbocycles. The zero-order valence-corrected chi connectivity index (χ0v) is 15.9. The van der Waals surface area contributed by atoms with E-state index >= 15 is 0 Å². The van der Waals surface area contributed by atoms with Crippen LogP contribution in [0.1, 0.15) is 33.3 Å². The number of rotatable bonds is 5. The van der Waals surface area contributed by atoms with E-state index in [0.29, 0.717) is 38.3 Å². The van der Waals surface area contributed by atoms with Crippen molar-refractivity contribution in [3.05, 3.63) is 65.5 Å². The summed E-state index contributed by atoms with van der Waals surface area (Å²) in [6.07, 6.45) is 2.21. The lowest BCUT2D eigenvalue weighted by atomic mass is 10.1. The number of nitrogens with zero attached hydrogens (tertiary/aromatic N) is 3. The number of pyridine rings is 1. The number of carbonyl (C=O) groups is 3. The molecule has 7 nitrogen and oxygen atoms in total. The Bertz CT molecular complexity index is 846. The zero-order valence-electron chi connectivity index (χ0n) is 15.9. The molecule has 0 bridgehead atoms. The van der Waals surface area contributed by atoms with Gasteiger partial charge >= 0.3 is 0 Å². The lowest BCUT2D eigenvalue weighted by molar-refractivity contribution is -0.130. The fourth-order valence-electron chi connectivity index (χ4n) is 3.15. The summed E-state index contributed by atoms with van der Waals surface area (Å²) in [5.41, 5.74) is 1.80. The van der Waals surface area contributed by atoms with Crippen LogP contribution >= 0.6 is 0 Å². The molecule has 0 radical (unpaired) electrons. The van der Waals surface area contributed by atoms with E-state index in [2.05, 4.69) is 10.3 Å². The van der Waals surface area contributed by atoms with E-state index in [1.807, 2.05) is 30.3 Å². The van der Waals surface area contributed by atoms with Gasteiger partial charge in [0.1, 0.15) is 5.69 Å². The number of nitrogens with one attached hydrogen (secondary N) is 1. The van der Waals surface area contributed by atoms with Crippen molar-refractivity contribution in [3.63, 3.8) is 0 Å². The Labute approximate surface area is 164 Å². The molecule has 0 spiro atoms. The predicted octanol–water partition coefficient (Wildman–Crippen LogP) is 1.36. The Morgan fingerprint density at radius 1 is 1.00 bits per heavy atom. The van der Waals surface area contributed by atoms with Crippen molar-refractivity contribution in [3.8, 4) is 0 Å². The molecule has 1 aliphatic rings. The fraction of sp³-hybridized carbons (Fsp3) is 0.333. The van der Waals surface area contributed by atoms with Crippen LogP contribution in [-0.2, 0) is 11.2 Å². The van der Waals surface area contributed by atoms with Gasteiger partial charge in [-0.1, -0.05) is 30.3 Å². The van der Waals surface area contributed by atoms with Crippen LogP contribution in [-0.4, -0.2) is 65.2 Å². The van der Waals surface area contributed by atoms with E-state index in [9.17, 15) is 14.4 Å². The third-order valence-corrected chi connectivity index (χ3v) is 4.79. The van der Waals surface area contributed by atoms with E-state index < -0.39 is 0 Å². The van der Waals surface area contributed by atoms with Gasteiger partial charge in [0.15, 0.2) is 0 Å². The molecule has 146 valence electrons. The van der Waals surface area contributed by atoms with Crippen molar-refractivity contribution in [1.82, 2.24) is 20.1 Å². The Kier molecular flexibility index (Phi) is 6.37. The second kappa shape index (κ2) is 9.12. The second-order valence-corrected chi connectivity index (χ2v) is 6.72. The highest BCUT2D eigenvalue weighted by Gasteiger charge is 2.23. The van der Waals surface area contributed by atoms with Gasteiger partial charge in [-0.25, -0.2) is 0 Å². The minimum Gasteiger partial charge on any atom is -0.350 e. The van der Waals surface area contributed by atoms with Gasteiger partial charge in [0.2, 0.25) is 5.91 Å². The largest absolute Gasteiger partial charge is 0.350 e. The average Bonchev–Trinajstić information content (AvgIpc) is 2.74. The van der Waals surface area contributed by atoms with Gasteiger partial charge in [-0.15, -0.1) is 0 Å². The third-order valence-electron chi connectivity index (χ3n) is 4.79. The third kappa shape index (κ3) is 4.94. The maximum atomic E-state index is 12.7. The maximum absolute atomic E-state index is 12.7. The molecule has 7 heteroatoms. The second-order valence-electron chi connectivity index (χ2n) is 6.72. The minimum atomic E-state index is -0.299. The number of amides is 3. The van der Waals surface area contributed by atoms with Crippen LogP contribution in [0.4, 0.5) is 0 Å². The van der Waals surface area contributed by atoms with Crippen molar-refractivity contribution in [2.24, 2.45) is 0 Å². The van der Waals surface area contributed by atoms with Gasteiger partial charge in [0, 0.05) is 51.4 Å². The predicted molar refractivity (Wildman–Crippen MR) is 105 cm³/mol. The van der Waals surface area contributed by atoms with Crippen molar-refractivity contribution in [2.45, 2.75) is 13.3 Å². The Balaban J connectivity index is 1.56. The molecule has 1 aromatic heterocycles. The van der Waals surface area contributed by atoms with Crippen LogP contribution < -0.4 is 5.32 Å². The smallest absolute Gasteiger partial charge is 0.269 e. The van der Waals surface area contributed by atoms with Gasteiger partial charge in [-0.2, -0.15) is 0 Å². The molecular formula is C21H24N4O3. The first-order chi connectivity index (χ1) is 13.5. The zero-order chi connectivity index (χ0) is 19.9. The molecule has 0 saturated carbocycles. The molecular weight excluding hydrogens is 356 g/mol. The Hall–Kier alpha value is -3.22. The summed E-state index contributed by atoms with van der Waals surface area (Å²) < 4.78 is 0. The first kappa shape index (κ1) is 19.5. The van der Waals surface area contributed by atoms with Crippen LogP contribution in [0.25, 0.3) is 0 Å². The lowest BCUT2D eigenvalue weighted by Gasteiger charge is -2.34. The van der Waals surface area contributed by atoms with E-state index in [-0.39, 0.29) is 23.4 Å². The van der Waals surface area contributed by atoms with Gasteiger partial charge in [0.25, 0.3) is 11.8 Å². The number of aromatic nitrogens is 1. The van der Waals surface area contributed by atoms with E-state index in [1.54, 1.807) is 15.9 Å². The summed E-state index contributed by atoms with van der Waals surface area (Å²) in [5, 5.41) is 2.84. The maximum Gasteiger partial charge on any atom is 0.269 e. The summed E-state index contributed by atoms with van der Waals surface area (Å²) in [6, 6.07) is 13.0. The molecule has 2 aromatic rings. The van der Waals surface area contributed by atoms with E-state index in [4.69, 9.17) is 0 Å². The molecule has 3 amide bonds. The fourth-order valence-corrected chi connectivity index (χ4v) is 3.15. The number of hydrogen-bond acceptors (Lipinski definition) is 4. The first-order valence-electron chi connectivity index (χ1n) is 9.37. The summed E-state index contributed by atoms with van der Waals surface area (Å²) in [7, 11) is 0. The molecule has 1 aliphatic heterocycles. The van der Waals surface area contributed by atoms with E-state index in [1.165, 1.54) is 19.2 Å². The monoisotopic (exact) mass is 380 g/mol. The van der Waals surface area contributed by atoms with Crippen molar-refractivity contribution in [1.29, 1.82) is 0 Å². The minimum absolute atomic E-state index is 0.0190. The van der Waals surface area contributed by atoms with Crippen LogP contribution in [0.2, 0.25) is 0 Å². The normalized spacial score (nSPS) is 13.9. The Morgan fingerprint density at radius 3 is 2.36 bits per heavy atom. The average molecular weight is 380 g/mol. The summed E-state index contributed by atoms with van der Waals surface area (Å²) in [6.45, 7) is 4.05. The standard InChI is InChI=1S/C21H24N4O3/c1-16(26)24-11-13-25(14-12-24)21(28)18-8-10-22-19(15-18)20(27)23-9-7-17-5-3-2-4-6-17/h2-6,8,10,15H,7,9,11-14H2,1H3,(H,23,27). The number of carbonyl (C=O) groups excluding carboxylic acids is 3.